The highest BCUT2D eigenvalue weighted by Crippen LogP contribution is 2.38. The summed E-state index contributed by atoms with van der Waals surface area (Å²) in [6.07, 6.45) is 1.31. The highest BCUT2D eigenvalue weighted by Gasteiger charge is 2.33. The maximum atomic E-state index is 13.9. The lowest BCUT2D eigenvalue weighted by Gasteiger charge is -2.17. The van der Waals surface area contributed by atoms with Gasteiger partial charge in [0.15, 0.2) is 0 Å². The molecule has 0 aromatic heterocycles. The number of nitrogens with zero attached hydrogens (tertiary/aromatic N) is 1. The van der Waals surface area contributed by atoms with Crippen molar-refractivity contribution < 1.29 is 4.39 Å². The van der Waals surface area contributed by atoms with E-state index < -0.39 is 0 Å². The van der Waals surface area contributed by atoms with Gasteiger partial charge in [0, 0.05) is 24.2 Å². The third kappa shape index (κ3) is 4.05. The number of hydrogen-bond acceptors (Lipinski definition) is 2. The molecule has 2 N–H and O–H groups in total. The SMILES string of the molecule is CC1CC1CN(C)Cc1ccc(C#CCN)cc1F. The van der Waals surface area contributed by atoms with Gasteiger partial charge in [0.25, 0.3) is 0 Å². The predicted molar refractivity (Wildman–Crippen MR) is 75.9 cm³/mol. The molecule has 2 unspecified atom stereocenters. The fourth-order valence-corrected chi connectivity index (χ4v) is 2.32. The maximum absolute atomic E-state index is 13.9. The summed E-state index contributed by atoms with van der Waals surface area (Å²) < 4.78 is 13.9. The topological polar surface area (TPSA) is 29.3 Å². The molecule has 102 valence electrons. The lowest BCUT2D eigenvalue weighted by Crippen LogP contribution is -2.21. The van der Waals surface area contributed by atoms with Gasteiger partial charge >= 0.3 is 0 Å². The van der Waals surface area contributed by atoms with Gasteiger partial charge in [-0.1, -0.05) is 24.8 Å². The molecule has 0 saturated heterocycles. The van der Waals surface area contributed by atoms with Gasteiger partial charge in [-0.25, -0.2) is 4.39 Å². The molecule has 3 heteroatoms. The molecule has 1 aliphatic rings. The minimum atomic E-state index is -0.181. The smallest absolute Gasteiger partial charge is 0.128 e. The molecule has 0 amide bonds. The van der Waals surface area contributed by atoms with Crippen molar-refractivity contribution in [1.82, 2.24) is 4.90 Å². The molecule has 2 rings (SSSR count). The second-order valence-corrected chi connectivity index (χ2v) is 5.48. The van der Waals surface area contributed by atoms with Crippen LogP contribution < -0.4 is 5.73 Å². The van der Waals surface area contributed by atoms with E-state index in [1.54, 1.807) is 0 Å². The molecule has 0 heterocycles. The van der Waals surface area contributed by atoms with E-state index in [1.165, 1.54) is 12.5 Å². The van der Waals surface area contributed by atoms with Crippen molar-refractivity contribution in [2.45, 2.75) is 19.9 Å². The van der Waals surface area contributed by atoms with Crippen LogP contribution >= 0.6 is 0 Å². The van der Waals surface area contributed by atoms with Crippen LogP contribution in [0.1, 0.15) is 24.5 Å². The zero-order chi connectivity index (χ0) is 13.8. The molecule has 0 bridgehead atoms. The first kappa shape index (κ1) is 14.0. The Bertz CT molecular complexity index is 501. The van der Waals surface area contributed by atoms with Gasteiger partial charge in [-0.05, 0) is 37.4 Å². The van der Waals surface area contributed by atoms with Crippen LogP contribution in [-0.4, -0.2) is 25.0 Å². The van der Waals surface area contributed by atoms with Crippen LogP contribution in [-0.2, 0) is 6.54 Å². The van der Waals surface area contributed by atoms with Crippen LogP contribution in [0.2, 0.25) is 0 Å². The molecule has 0 spiro atoms. The van der Waals surface area contributed by atoms with Gasteiger partial charge in [0.05, 0.1) is 6.54 Å². The average Bonchev–Trinajstić information content (AvgIpc) is 3.05. The predicted octanol–water partition coefficient (Wildman–Crippen LogP) is 2.22. The second kappa shape index (κ2) is 6.18. The Morgan fingerprint density at radius 2 is 2.21 bits per heavy atom. The molecule has 1 fully saturated rings. The summed E-state index contributed by atoms with van der Waals surface area (Å²) in [6.45, 7) is 4.27. The van der Waals surface area contributed by atoms with E-state index in [1.807, 2.05) is 19.2 Å². The third-order valence-electron chi connectivity index (χ3n) is 3.65. The lowest BCUT2D eigenvalue weighted by molar-refractivity contribution is 0.303. The molecule has 2 atom stereocenters. The van der Waals surface area contributed by atoms with Crippen molar-refractivity contribution in [1.29, 1.82) is 0 Å². The Hall–Kier alpha value is -1.37. The summed E-state index contributed by atoms with van der Waals surface area (Å²) in [4.78, 5) is 2.19. The van der Waals surface area contributed by atoms with E-state index in [4.69, 9.17) is 5.73 Å². The number of hydrogen-bond donors (Lipinski definition) is 1. The van der Waals surface area contributed by atoms with Crippen molar-refractivity contribution in [2.24, 2.45) is 17.6 Å². The monoisotopic (exact) mass is 260 g/mol. The molecule has 19 heavy (non-hydrogen) atoms. The zero-order valence-electron chi connectivity index (χ0n) is 11.6. The Labute approximate surface area is 114 Å². The third-order valence-corrected chi connectivity index (χ3v) is 3.65. The highest BCUT2D eigenvalue weighted by atomic mass is 19.1. The number of benzene rings is 1. The highest BCUT2D eigenvalue weighted by molar-refractivity contribution is 5.37. The first-order valence-corrected chi connectivity index (χ1v) is 6.76. The van der Waals surface area contributed by atoms with E-state index >= 15 is 0 Å². The molecule has 1 aromatic carbocycles. The van der Waals surface area contributed by atoms with Crippen molar-refractivity contribution >= 4 is 0 Å². The van der Waals surface area contributed by atoms with Crippen molar-refractivity contribution in [2.75, 3.05) is 20.1 Å². The largest absolute Gasteiger partial charge is 0.320 e. The lowest BCUT2D eigenvalue weighted by atomic mass is 10.1. The summed E-state index contributed by atoms with van der Waals surface area (Å²) >= 11 is 0. The summed E-state index contributed by atoms with van der Waals surface area (Å²) in [6, 6.07) is 5.17. The molecule has 1 aliphatic carbocycles. The molecular formula is C16H21FN2. The van der Waals surface area contributed by atoms with E-state index in [-0.39, 0.29) is 5.82 Å². The molecule has 1 aromatic rings. The van der Waals surface area contributed by atoms with E-state index in [2.05, 4.69) is 23.7 Å². The molecular weight excluding hydrogens is 239 g/mol. The Balaban J connectivity index is 1.96. The summed E-state index contributed by atoms with van der Waals surface area (Å²) in [7, 11) is 2.05. The van der Waals surface area contributed by atoms with Crippen LogP contribution in [0.4, 0.5) is 4.39 Å². The summed E-state index contributed by atoms with van der Waals surface area (Å²) in [5, 5.41) is 0. The quantitative estimate of drug-likeness (QED) is 0.841. The fraction of sp³-hybridized carbons (Fsp3) is 0.500. The van der Waals surface area contributed by atoms with Crippen molar-refractivity contribution in [3.63, 3.8) is 0 Å². The van der Waals surface area contributed by atoms with E-state index in [0.29, 0.717) is 18.7 Å². The van der Waals surface area contributed by atoms with Gasteiger partial charge in [0.1, 0.15) is 5.82 Å². The number of nitrogens with two attached hydrogens (primary N) is 1. The van der Waals surface area contributed by atoms with Gasteiger partial charge in [-0.2, -0.15) is 0 Å². The van der Waals surface area contributed by atoms with Crippen LogP contribution in [0.25, 0.3) is 0 Å². The molecule has 2 nitrogen and oxygen atoms in total. The minimum absolute atomic E-state index is 0.181. The Kier molecular flexibility index (Phi) is 4.57. The Morgan fingerprint density at radius 3 is 2.79 bits per heavy atom. The van der Waals surface area contributed by atoms with Crippen LogP contribution in [0.15, 0.2) is 18.2 Å². The van der Waals surface area contributed by atoms with Crippen LogP contribution in [0, 0.1) is 29.5 Å². The molecule has 0 aliphatic heterocycles. The maximum Gasteiger partial charge on any atom is 0.128 e. The summed E-state index contributed by atoms with van der Waals surface area (Å²) in [5.41, 5.74) is 6.72. The second-order valence-electron chi connectivity index (χ2n) is 5.48. The van der Waals surface area contributed by atoms with Crippen LogP contribution in [0.3, 0.4) is 0 Å². The van der Waals surface area contributed by atoms with Gasteiger partial charge in [-0.15, -0.1) is 0 Å². The van der Waals surface area contributed by atoms with E-state index in [0.717, 1.165) is 23.9 Å². The first-order chi connectivity index (χ1) is 9.10. The van der Waals surface area contributed by atoms with Gasteiger partial charge in [-0.3, -0.25) is 0 Å². The van der Waals surface area contributed by atoms with Gasteiger partial charge in [0.2, 0.25) is 0 Å². The first-order valence-electron chi connectivity index (χ1n) is 6.76. The fourth-order valence-electron chi connectivity index (χ4n) is 2.32. The molecule has 1 saturated carbocycles. The van der Waals surface area contributed by atoms with Crippen molar-refractivity contribution in [3.05, 3.63) is 35.1 Å². The average molecular weight is 260 g/mol. The minimum Gasteiger partial charge on any atom is -0.320 e. The number of rotatable bonds is 4. The van der Waals surface area contributed by atoms with E-state index in [9.17, 15) is 4.39 Å². The van der Waals surface area contributed by atoms with Crippen molar-refractivity contribution in [3.8, 4) is 11.8 Å². The Morgan fingerprint density at radius 1 is 1.47 bits per heavy atom. The summed E-state index contributed by atoms with van der Waals surface area (Å²) in [5.74, 6) is 7.02. The van der Waals surface area contributed by atoms with Gasteiger partial charge < -0.3 is 10.6 Å². The normalized spacial score (nSPS) is 21.1. The number of halogens is 1. The molecule has 0 radical (unpaired) electrons. The standard InChI is InChI=1S/C16H21FN2/c1-12-8-15(12)11-19(2)10-14-6-5-13(4-3-7-18)9-16(14)17/h5-6,9,12,15H,7-8,10-11,18H2,1-2H3. The van der Waals surface area contributed by atoms with Crippen LogP contribution in [0.5, 0.6) is 0 Å². The zero-order valence-corrected chi connectivity index (χ0v) is 11.6.